The maximum Gasteiger partial charge on any atom is 0.257 e. The monoisotopic (exact) mass is 325 g/mol. The smallest absolute Gasteiger partial charge is 0.257 e. The Morgan fingerprint density at radius 1 is 1.29 bits per heavy atom. The third-order valence-electron chi connectivity index (χ3n) is 5.22. The highest BCUT2D eigenvalue weighted by molar-refractivity contribution is 5.97. The molecule has 0 radical (unpaired) electrons. The summed E-state index contributed by atoms with van der Waals surface area (Å²) in [5, 5.41) is 0. The minimum Gasteiger partial charge on any atom is -0.465 e. The average molecular weight is 325 g/mol. The number of fused-ring (bicyclic) bond motifs is 1. The van der Waals surface area contributed by atoms with E-state index in [9.17, 15) is 4.79 Å². The Kier molecular flexibility index (Phi) is 3.87. The van der Waals surface area contributed by atoms with Crippen molar-refractivity contribution in [3.8, 4) is 0 Å². The molecule has 3 heterocycles. The molecule has 0 bridgehead atoms. The molecule has 1 fully saturated rings. The van der Waals surface area contributed by atoms with Crippen molar-refractivity contribution in [3.05, 3.63) is 46.4 Å². The van der Waals surface area contributed by atoms with Crippen molar-refractivity contribution in [2.24, 2.45) is 0 Å². The quantitative estimate of drug-likeness (QED) is 0.851. The Hall–Kier alpha value is -2.17. The maximum absolute atomic E-state index is 13.1. The number of amides is 1. The average Bonchev–Trinajstić information content (AvgIpc) is 3.18. The van der Waals surface area contributed by atoms with Crippen LogP contribution in [0.1, 0.15) is 64.1 Å². The zero-order valence-electron chi connectivity index (χ0n) is 14.3. The molecule has 2 aliphatic rings. The molecule has 126 valence electrons. The van der Waals surface area contributed by atoms with E-state index in [0.29, 0.717) is 6.54 Å². The van der Waals surface area contributed by atoms with Gasteiger partial charge in [-0.25, -0.2) is 9.97 Å². The van der Waals surface area contributed by atoms with Gasteiger partial charge in [0.15, 0.2) is 0 Å². The second-order valence-electron chi connectivity index (χ2n) is 6.94. The highest BCUT2D eigenvalue weighted by Crippen LogP contribution is 2.32. The van der Waals surface area contributed by atoms with Gasteiger partial charge in [0.2, 0.25) is 0 Å². The summed E-state index contributed by atoms with van der Waals surface area (Å²) in [6.45, 7) is 5.36. The topological polar surface area (TPSA) is 59.2 Å². The lowest BCUT2D eigenvalue weighted by atomic mass is 9.94. The van der Waals surface area contributed by atoms with Crippen LogP contribution in [0, 0.1) is 13.8 Å². The van der Waals surface area contributed by atoms with E-state index >= 15 is 0 Å². The first-order chi connectivity index (χ1) is 11.6. The van der Waals surface area contributed by atoms with Crippen molar-refractivity contribution < 1.29 is 9.21 Å². The number of rotatable bonds is 2. The van der Waals surface area contributed by atoms with Crippen molar-refractivity contribution in [2.45, 2.75) is 51.9 Å². The van der Waals surface area contributed by atoms with Crippen LogP contribution in [0.5, 0.6) is 0 Å². The second-order valence-corrected chi connectivity index (χ2v) is 6.94. The van der Waals surface area contributed by atoms with Crippen LogP contribution < -0.4 is 0 Å². The van der Waals surface area contributed by atoms with Crippen molar-refractivity contribution in [3.63, 3.8) is 0 Å². The van der Waals surface area contributed by atoms with E-state index in [1.165, 1.54) is 0 Å². The molecule has 1 amide bonds. The van der Waals surface area contributed by atoms with Gasteiger partial charge in [-0.15, -0.1) is 0 Å². The maximum atomic E-state index is 13.1. The Bertz CT molecular complexity index is 781. The Morgan fingerprint density at radius 3 is 2.96 bits per heavy atom. The molecule has 1 aliphatic carbocycles. The fourth-order valence-corrected chi connectivity index (χ4v) is 3.96. The number of hydrogen-bond acceptors (Lipinski definition) is 4. The highest BCUT2D eigenvalue weighted by atomic mass is 16.3. The minimum absolute atomic E-state index is 0.120. The zero-order valence-corrected chi connectivity index (χ0v) is 14.3. The molecule has 2 aromatic rings. The largest absolute Gasteiger partial charge is 0.465 e. The molecular formula is C19H23N3O2. The van der Waals surface area contributed by atoms with Crippen molar-refractivity contribution in [1.82, 2.24) is 14.9 Å². The molecule has 0 unspecified atom stereocenters. The van der Waals surface area contributed by atoms with Crippen LogP contribution in [-0.4, -0.2) is 33.9 Å². The first-order valence-corrected chi connectivity index (χ1v) is 8.83. The molecule has 1 atom stereocenters. The van der Waals surface area contributed by atoms with Crippen LogP contribution in [-0.2, 0) is 12.8 Å². The standard InChI is InChI=1S/C19H23N3O2/c1-12-7-9-20-18(21-12)14-8-10-22(11-14)19(23)17-13(2)24-16-6-4-3-5-15(16)17/h7,9,14H,3-6,8,10-11H2,1-2H3/t14-/m1/s1. The lowest BCUT2D eigenvalue weighted by molar-refractivity contribution is 0.0788. The van der Waals surface area contributed by atoms with Gasteiger partial charge in [-0.3, -0.25) is 4.79 Å². The SMILES string of the molecule is Cc1ccnc([C@@H]2CCN(C(=O)c3c(C)oc4c3CCCC4)C2)n1. The lowest BCUT2D eigenvalue weighted by Crippen LogP contribution is -2.29. The summed E-state index contributed by atoms with van der Waals surface area (Å²) < 4.78 is 5.87. The Labute approximate surface area is 142 Å². The molecule has 5 heteroatoms. The number of furan rings is 1. The van der Waals surface area contributed by atoms with Crippen LogP contribution in [0.15, 0.2) is 16.7 Å². The summed E-state index contributed by atoms with van der Waals surface area (Å²) in [5.41, 5.74) is 2.94. The van der Waals surface area contributed by atoms with Gasteiger partial charge in [-0.1, -0.05) is 0 Å². The Morgan fingerprint density at radius 2 is 2.12 bits per heavy atom. The molecule has 2 aromatic heterocycles. The number of carbonyl (C=O) groups excluding carboxylic acids is 1. The molecule has 0 spiro atoms. The number of likely N-dealkylation sites (tertiary alicyclic amines) is 1. The molecule has 0 saturated carbocycles. The zero-order chi connectivity index (χ0) is 16.7. The van der Waals surface area contributed by atoms with Gasteiger partial charge in [-0.05, 0) is 45.6 Å². The van der Waals surface area contributed by atoms with E-state index in [4.69, 9.17) is 4.42 Å². The number of carbonyl (C=O) groups is 1. The molecular weight excluding hydrogens is 302 g/mol. The fourth-order valence-electron chi connectivity index (χ4n) is 3.96. The molecule has 1 aliphatic heterocycles. The van der Waals surface area contributed by atoms with E-state index in [-0.39, 0.29) is 11.8 Å². The van der Waals surface area contributed by atoms with Gasteiger partial charge in [0, 0.05) is 42.9 Å². The molecule has 4 rings (SSSR count). The van der Waals surface area contributed by atoms with E-state index in [1.807, 2.05) is 24.8 Å². The summed E-state index contributed by atoms with van der Waals surface area (Å²) in [4.78, 5) is 23.9. The summed E-state index contributed by atoms with van der Waals surface area (Å²) in [7, 11) is 0. The van der Waals surface area contributed by atoms with Crippen LogP contribution in [0.25, 0.3) is 0 Å². The summed E-state index contributed by atoms with van der Waals surface area (Å²) in [6.07, 6.45) is 6.96. The van der Waals surface area contributed by atoms with Gasteiger partial charge in [0.25, 0.3) is 5.91 Å². The molecule has 5 nitrogen and oxygen atoms in total. The van der Waals surface area contributed by atoms with Crippen molar-refractivity contribution in [1.29, 1.82) is 0 Å². The second kappa shape index (κ2) is 6.04. The van der Waals surface area contributed by atoms with E-state index < -0.39 is 0 Å². The predicted molar refractivity (Wildman–Crippen MR) is 90.1 cm³/mol. The van der Waals surface area contributed by atoms with E-state index in [0.717, 1.165) is 72.8 Å². The molecule has 1 saturated heterocycles. The molecule has 0 aromatic carbocycles. The predicted octanol–water partition coefficient (Wildman–Crippen LogP) is 3.19. The van der Waals surface area contributed by atoms with Gasteiger partial charge < -0.3 is 9.32 Å². The van der Waals surface area contributed by atoms with Crippen LogP contribution in [0.2, 0.25) is 0 Å². The van der Waals surface area contributed by atoms with Crippen LogP contribution >= 0.6 is 0 Å². The number of nitrogens with zero attached hydrogens (tertiary/aromatic N) is 3. The van der Waals surface area contributed by atoms with Gasteiger partial charge in [0.05, 0.1) is 5.56 Å². The lowest BCUT2D eigenvalue weighted by Gasteiger charge is -2.18. The van der Waals surface area contributed by atoms with Crippen LogP contribution in [0.3, 0.4) is 0 Å². The first-order valence-electron chi connectivity index (χ1n) is 8.83. The first kappa shape index (κ1) is 15.4. The Balaban J connectivity index is 1.55. The van der Waals surface area contributed by atoms with E-state index in [2.05, 4.69) is 9.97 Å². The number of aromatic nitrogens is 2. The number of hydrogen-bond donors (Lipinski definition) is 0. The third-order valence-corrected chi connectivity index (χ3v) is 5.22. The number of aryl methyl sites for hydroxylation is 3. The third kappa shape index (κ3) is 2.62. The van der Waals surface area contributed by atoms with E-state index in [1.54, 1.807) is 6.20 Å². The van der Waals surface area contributed by atoms with Gasteiger partial charge >= 0.3 is 0 Å². The fraction of sp³-hybridized carbons (Fsp3) is 0.526. The highest BCUT2D eigenvalue weighted by Gasteiger charge is 2.33. The van der Waals surface area contributed by atoms with Crippen molar-refractivity contribution in [2.75, 3.05) is 13.1 Å². The minimum atomic E-state index is 0.120. The molecule has 0 N–H and O–H groups in total. The summed E-state index contributed by atoms with van der Waals surface area (Å²) >= 11 is 0. The normalized spacial score (nSPS) is 20.2. The van der Waals surface area contributed by atoms with Crippen LogP contribution in [0.4, 0.5) is 0 Å². The summed E-state index contributed by atoms with van der Waals surface area (Å²) in [5.74, 6) is 3.02. The van der Waals surface area contributed by atoms with Gasteiger partial charge in [0.1, 0.15) is 17.3 Å². The van der Waals surface area contributed by atoms with Gasteiger partial charge in [-0.2, -0.15) is 0 Å². The summed E-state index contributed by atoms with van der Waals surface area (Å²) in [6, 6.07) is 1.91. The molecule has 24 heavy (non-hydrogen) atoms. The van der Waals surface area contributed by atoms with Crippen molar-refractivity contribution >= 4 is 5.91 Å².